The molecule has 4 rings (SSSR count). The van der Waals surface area contributed by atoms with Crippen LogP contribution < -0.4 is 10.9 Å². The number of nitrogens with one attached hydrogen (secondary N) is 1. The van der Waals surface area contributed by atoms with Gasteiger partial charge >= 0.3 is 0 Å². The van der Waals surface area contributed by atoms with Gasteiger partial charge < -0.3 is 5.32 Å². The van der Waals surface area contributed by atoms with Crippen LogP contribution in [-0.4, -0.2) is 26.9 Å². The van der Waals surface area contributed by atoms with Crippen molar-refractivity contribution < 1.29 is 4.79 Å². The first kappa shape index (κ1) is 22.0. The predicted molar refractivity (Wildman–Crippen MR) is 125 cm³/mol. The van der Waals surface area contributed by atoms with E-state index < -0.39 is 0 Å². The molecule has 0 saturated heterocycles. The maximum absolute atomic E-state index is 13.5. The zero-order valence-electron chi connectivity index (χ0n) is 18.8. The van der Waals surface area contributed by atoms with E-state index >= 15 is 0 Å². The lowest BCUT2D eigenvalue weighted by Gasteiger charge is -2.29. The van der Waals surface area contributed by atoms with Gasteiger partial charge in [-0.25, -0.2) is 4.98 Å². The monoisotopic (exact) mass is 430 g/mol. The van der Waals surface area contributed by atoms with E-state index in [2.05, 4.69) is 22.3 Å². The quantitative estimate of drug-likeness (QED) is 0.625. The second kappa shape index (κ2) is 9.92. The lowest BCUT2D eigenvalue weighted by atomic mass is 10.0. The van der Waals surface area contributed by atoms with E-state index in [1.54, 1.807) is 4.57 Å². The van der Waals surface area contributed by atoms with Crippen molar-refractivity contribution >= 4 is 5.91 Å². The first-order valence-electron chi connectivity index (χ1n) is 11.2. The molecule has 0 fully saturated rings. The molecule has 0 aliphatic carbocycles. The summed E-state index contributed by atoms with van der Waals surface area (Å²) in [6.07, 6.45) is 0.748. The highest BCUT2D eigenvalue weighted by Gasteiger charge is 2.25. The molecule has 1 N–H and O–H groups in total. The van der Waals surface area contributed by atoms with Gasteiger partial charge in [0.25, 0.3) is 5.56 Å². The molecule has 3 aromatic rings. The molecule has 2 aromatic carbocycles. The number of carbonyl (C=O) groups is 1. The average molecular weight is 431 g/mol. The van der Waals surface area contributed by atoms with Crippen LogP contribution in [0.1, 0.15) is 48.0 Å². The summed E-state index contributed by atoms with van der Waals surface area (Å²) in [5.41, 5.74) is 3.75. The highest BCUT2D eigenvalue weighted by molar-refractivity contribution is 5.75. The number of fused-ring (bicyclic) bond motifs is 1. The Hall–Kier alpha value is -3.25. The molecule has 2 heterocycles. The van der Waals surface area contributed by atoms with E-state index in [-0.39, 0.29) is 23.9 Å². The molecule has 1 aromatic heterocycles. The highest BCUT2D eigenvalue weighted by atomic mass is 16.2. The Morgan fingerprint density at radius 3 is 2.34 bits per heavy atom. The van der Waals surface area contributed by atoms with Gasteiger partial charge in [0.2, 0.25) is 5.91 Å². The minimum absolute atomic E-state index is 0.0157. The summed E-state index contributed by atoms with van der Waals surface area (Å²) in [7, 11) is 0. The first-order chi connectivity index (χ1) is 15.5. The average Bonchev–Trinajstić information content (AvgIpc) is 2.81. The van der Waals surface area contributed by atoms with Crippen molar-refractivity contribution in [3.63, 3.8) is 0 Å². The van der Waals surface area contributed by atoms with Crippen LogP contribution in [0.25, 0.3) is 0 Å². The lowest BCUT2D eigenvalue weighted by Crippen LogP contribution is -2.41. The van der Waals surface area contributed by atoms with E-state index in [0.717, 1.165) is 30.8 Å². The maximum Gasteiger partial charge on any atom is 0.258 e. The van der Waals surface area contributed by atoms with Gasteiger partial charge in [-0.3, -0.25) is 19.1 Å². The van der Waals surface area contributed by atoms with Crippen molar-refractivity contribution in [3.05, 3.63) is 99.2 Å². The Morgan fingerprint density at radius 1 is 1.03 bits per heavy atom. The van der Waals surface area contributed by atoms with Gasteiger partial charge in [0, 0.05) is 38.5 Å². The van der Waals surface area contributed by atoms with Crippen LogP contribution in [0.3, 0.4) is 0 Å². The molecule has 0 unspecified atom stereocenters. The van der Waals surface area contributed by atoms with Gasteiger partial charge in [-0.05, 0) is 11.1 Å². The maximum atomic E-state index is 13.5. The molecule has 6 nitrogen and oxygen atoms in total. The summed E-state index contributed by atoms with van der Waals surface area (Å²) in [6, 6.07) is 20.0. The number of nitrogens with zero attached hydrogens (tertiary/aromatic N) is 3. The van der Waals surface area contributed by atoms with Crippen LogP contribution in [0.15, 0.2) is 65.5 Å². The second-order valence-corrected chi connectivity index (χ2v) is 8.65. The number of rotatable bonds is 7. The van der Waals surface area contributed by atoms with E-state index in [4.69, 9.17) is 4.98 Å². The predicted octanol–water partition coefficient (Wildman–Crippen LogP) is 3.24. The molecule has 1 amide bonds. The summed E-state index contributed by atoms with van der Waals surface area (Å²) < 4.78 is 1.57. The molecule has 166 valence electrons. The van der Waals surface area contributed by atoms with Crippen LogP contribution in [0.4, 0.5) is 0 Å². The third-order valence-corrected chi connectivity index (χ3v) is 5.82. The summed E-state index contributed by atoms with van der Waals surface area (Å²) in [5, 5.41) is 2.93. The van der Waals surface area contributed by atoms with Gasteiger partial charge in [-0.2, -0.15) is 0 Å². The fraction of sp³-hybridized carbons (Fsp3) is 0.346. The standard InChI is InChI=1S/C26H30N4O2/c1-19(2)25-28-23-13-14-29(16-21-11-7-4-8-12-21)17-22(23)26(32)30(25)18-24(31)27-15-20-9-5-3-6-10-20/h3-12,19H,13-18H2,1-2H3,(H,27,31). The fourth-order valence-electron chi connectivity index (χ4n) is 4.16. The van der Waals surface area contributed by atoms with Gasteiger partial charge in [-0.1, -0.05) is 74.5 Å². The third kappa shape index (κ3) is 5.14. The molecule has 0 spiro atoms. The molecule has 0 radical (unpaired) electrons. The minimum atomic E-state index is -0.184. The Balaban J connectivity index is 1.54. The number of benzene rings is 2. The fourth-order valence-corrected chi connectivity index (χ4v) is 4.16. The highest BCUT2D eigenvalue weighted by Crippen LogP contribution is 2.20. The lowest BCUT2D eigenvalue weighted by molar-refractivity contribution is -0.121. The van der Waals surface area contributed by atoms with Crippen molar-refractivity contribution in [2.24, 2.45) is 0 Å². The number of aromatic nitrogens is 2. The van der Waals surface area contributed by atoms with Crippen LogP contribution in [0.5, 0.6) is 0 Å². The van der Waals surface area contributed by atoms with Crippen LogP contribution in [-0.2, 0) is 37.4 Å². The van der Waals surface area contributed by atoms with E-state index in [1.807, 2.05) is 62.4 Å². The third-order valence-electron chi connectivity index (χ3n) is 5.82. The number of hydrogen-bond donors (Lipinski definition) is 1. The summed E-state index contributed by atoms with van der Waals surface area (Å²) in [5.74, 6) is 0.550. The Labute approximate surface area is 188 Å². The molecular formula is C26H30N4O2. The number of amides is 1. The SMILES string of the molecule is CC(C)c1nc2c(c(=O)n1CC(=O)NCc1ccccc1)CN(Cc1ccccc1)CC2. The van der Waals surface area contributed by atoms with Gasteiger partial charge in [0.05, 0.1) is 11.3 Å². The normalized spacial score (nSPS) is 13.7. The molecule has 1 aliphatic rings. The largest absolute Gasteiger partial charge is 0.350 e. The summed E-state index contributed by atoms with van der Waals surface area (Å²) in [6.45, 7) is 6.66. The van der Waals surface area contributed by atoms with Crippen molar-refractivity contribution in [2.75, 3.05) is 6.54 Å². The Bertz CT molecular complexity index is 1120. The topological polar surface area (TPSA) is 67.2 Å². The molecule has 0 bridgehead atoms. The molecule has 0 saturated carbocycles. The van der Waals surface area contributed by atoms with E-state index in [1.165, 1.54) is 5.56 Å². The van der Waals surface area contributed by atoms with Gasteiger partial charge in [0.15, 0.2) is 0 Å². The van der Waals surface area contributed by atoms with Crippen molar-refractivity contribution in [3.8, 4) is 0 Å². The number of carbonyl (C=O) groups excluding carboxylic acids is 1. The first-order valence-corrected chi connectivity index (χ1v) is 11.2. The molecule has 0 atom stereocenters. The van der Waals surface area contributed by atoms with E-state index in [9.17, 15) is 9.59 Å². The zero-order chi connectivity index (χ0) is 22.5. The van der Waals surface area contributed by atoms with Crippen molar-refractivity contribution in [2.45, 2.75) is 52.4 Å². The van der Waals surface area contributed by atoms with Crippen LogP contribution >= 0.6 is 0 Å². The minimum Gasteiger partial charge on any atom is -0.350 e. The van der Waals surface area contributed by atoms with Crippen LogP contribution in [0.2, 0.25) is 0 Å². The van der Waals surface area contributed by atoms with Gasteiger partial charge in [-0.15, -0.1) is 0 Å². The van der Waals surface area contributed by atoms with E-state index in [0.29, 0.717) is 24.5 Å². The van der Waals surface area contributed by atoms with Crippen LogP contribution in [0, 0.1) is 0 Å². The molecule has 32 heavy (non-hydrogen) atoms. The smallest absolute Gasteiger partial charge is 0.258 e. The Kier molecular flexibility index (Phi) is 6.81. The second-order valence-electron chi connectivity index (χ2n) is 8.65. The van der Waals surface area contributed by atoms with Gasteiger partial charge in [0.1, 0.15) is 12.4 Å². The summed E-state index contributed by atoms with van der Waals surface area (Å²) in [4.78, 5) is 33.3. The Morgan fingerprint density at radius 2 is 1.69 bits per heavy atom. The van der Waals surface area contributed by atoms with Crippen molar-refractivity contribution in [1.82, 2.24) is 19.8 Å². The zero-order valence-corrected chi connectivity index (χ0v) is 18.8. The molecular weight excluding hydrogens is 400 g/mol. The number of hydrogen-bond acceptors (Lipinski definition) is 4. The van der Waals surface area contributed by atoms with Crippen molar-refractivity contribution in [1.29, 1.82) is 0 Å². The molecule has 6 heteroatoms. The summed E-state index contributed by atoms with van der Waals surface area (Å²) >= 11 is 0. The molecule has 1 aliphatic heterocycles.